The number of rotatable bonds is 12. The van der Waals surface area contributed by atoms with E-state index in [1.165, 1.54) is 0 Å². The summed E-state index contributed by atoms with van der Waals surface area (Å²) in [6.45, 7) is 22.5. The Morgan fingerprint density at radius 2 is 1.47 bits per heavy atom. The molecule has 0 unspecified atom stereocenters. The van der Waals surface area contributed by atoms with E-state index in [1.54, 1.807) is 21.1 Å². The number of nitrogens with one attached hydrogen (secondary N) is 1. The number of thiazole rings is 1. The van der Waals surface area contributed by atoms with Crippen LogP contribution in [0, 0.1) is 12.8 Å². The number of benzene rings is 3. The predicted molar refractivity (Wildman–Crippen MR) is 256 cm³/mol. The lowest BCUT2D eigenvalue weighted by Crippen LogP contribution is -2.67. The molecular weight excluding hydrogens is 841 g/mol. The van der Waals surface area contributed by atoms with E-state index in [-0.39, 0.29) is 41.5 Å². The average Bonchev–Trinajstić information content (AvgIpc) is 4.03. The summed E-state index contributed by atoms with van der Waals surface area (Å²) < 4.78 is 19.2. The monoisotopic (exact) mass is 904 g/mol. The minimum Gasteiger partial charge on any atom is -0.444 e. The number of carbonyl (C=O) groups is 3. The topological polar surface area (TPSA) is 130 Å². The molecule has 0 saturated carbocycles. The molecule has 2 aliphatic rings. The van der Waals surface area contributed by atoms with Gasteiger partial charge < -0.3 is 33.7 Å². The number of carbonyl (C=O) groups excluding carboxylic acids is 3. The quantitative estimate of drug-likeness (QED) is 0.123. The number of nitrogens with zero attached hydrogens (tertiary/aromatic N) is 5. The van der Waals surface area contributed by atoms with E-state index in [4.69, 9.17) is 13.7 Å². The van der Waals surface area contributed by atoms with Crippen molar-refractivity contribution in [3.05, 3.63) is 114 Å². The zero-order valence-corrected chi connectivity index (χ0v) is 40.8. The van der Waals surface area contributed by atoms with Crippen molar-refractivity contribution in [2.45, 2.75) is 110 Å². The van der Waals surface area contributed by atoms with Gasteiger partial charge in [0.05, 0.1) is 28.2 Å². The van der Waals surface area contributed by atoms with Crippen LogP contribution >= 0.6 is 11.3 Å². The van der Waals surface area contributed by atoms with Gasteiger partial charge in [-0.3, -0.25) is 9.59 Å². The summed E-state index contributed by atoms with van der Waals surface area (Å²) in [6.07, 6.45) is -0.455. The number of likely N-dealkylation sites (tertiary alicyclic amines) is 1. The highest BCUT2D eigenvalue weighted by Crippen LogP contribution is 2.40. The lowest BCUT2D eigenvalue weighted by Gasteiger charge is -2.44. The van der Waals surface area contributed by atoms with E-state index in [1.807, 2.05) is 84.3 Å². The molecular formula is C50H64N6O6SSi. The Hall–Kier alpha value is -5.31. The lowest BCUT2D eigenvalue weighted by atomic mass is 9.91. The summed E-state index contributed by atoms with van der Waals surface area (Å²) in [7, 11) is -3.05. The highest BCUT2D eigenvalue weighted by atomic mass is 32.1. The maximum atomic E-state index is 15.2. The highest BCUT2D eigenvalue weighted by Gasteiger charge is 2.54. The minimum atomic E-state index is -3.05. The molecule has 2 fully saturated rings. The molecule has 7 rings (SSSR count). The molecule has 3 aromatic carbocycles. The SMILES string of the molecule is Cc1ncsc1-c1ccc([C@H](C)NC(=O)[C@@H]2C[C@@H](O[Si](c3ccccc3)(c3ccccc3)C(C)(C)C)CN2C(=O)[C@@H](c2cc(N3CCN(C(=O)OC(C)(C)C)CC3)no2)C(C)C)cc1. The van der Waals surface area contributed by atoms with Gasteiger partial charge in [-0.1, -0.05) is 125 Å². The Morgan fingerprint density at radius 1 is 0.859 bits per heavy atom. The minimum absolute atomic E-state index is 0.183. The van der Waals surface area contributed by atoms with E-state index >= 15 is 4.79 Å². The van der Waals surface area contributed by atoms with Crippen LogP contribution in [0.25, 0.3) is 10.4 Å². The Labute approximate surface area is 383 Å². The van der Waals surface area contributed by atoms with Crippen LogP contribution in [0.1, 0.15) is 97.7 Å². The van der Waals surface area contributed by atoms with Crippen molar-refractivity contribution >= 4 is 53.8 Å². The van der Waals surface area contributed by atoms with Crippen LogP contribution in [0.2, 0.25) is 5.04 Å². The Kier molecular flexibility index (Phi) is 13.9. The fraction of sp³-hybridized carbons (Fsp3) is 0.460. The first-order valence-corrected chi connectivity index (χ1v) is 25.2. The Bertz CT molecular complexity index is 2330. The molecule has 5 aromatic rings. The van der Waals surface area contributed by atoms with Gasteiger partial charge in [0.25, 0.3) is 8.32 Å². The van der Waals surface area contributed by atoms with Gasteiger partial charge in [-0.25, -0.2) is 9.78 Å². The van der Waals surface area contributed by atoms with E-state index in [0.29, 0.717) is 44.2 Å². The van der Waals surface area contributed by atoms with Crippen molar-refractivity contribution in [2.24, 2.45) is 5.92 Å². The number of amides is 3. The van der Waals surface area contributed by atoms with Crippen LogP contribution in [0.5, 0.6) is 0 Å². The number of anilines is 1. The first-order valence-electron chi connectivity index (χ1n) is 22.5. The molecule has 0 radical (unpaired) electrons. The molecule has 2 aliphatic heterocycles. The van der Waals surface area contributed by atoms with Crippen molar-refractivity contribution in [1.82, 2.24) is 25.3 Å². The van der Waals surface area contributed by atoms with Crippen LogP contribution in [-0.2, 0) is 18.8 Å². The van der Waals surface area contributed by atoms with Gasteiger partial charge in [-0.05, 0) is 67.1 Å². The third-order valence-electron chi connectivity index (χ3n) is 12.4. The van der Waals surface area contributed by atoms with Crippen molar-refractivity contribution in [3.63, 3.8) is 0 Å². The summed E-state index contributed by atoms with van der Waals surface area (Å²) >= 11 is 1.61. The van der Waals surface area contributed by atoms with E-state index < -0.39 is 32.0 Å². The number of hydrogen-bond donors (Lipinski definition) is 1. The van der Waals surface area contributed by atoms with E-state index in [0.717, 1.165) is 32.1 Å². The first kappa shape index (κ1) is 46.7. The smallest absolute Gasteiger partial charge is 0.410 e. The fourth-order valence-corrected chi connectivity index (χ4v) is 14.6. The van der Waals surface area contributed by atoms with E-state index in [2.05, 4.69) is 102 Å². The molecule has 0 bridgehead atoms. The lowest BCUT2D eigenvalue weighted by molar-refractivity contribution is -0.141. The third-order valence-corrected chi connectivity index (χ3v) is 18.5. The molecule has 3 amide bonds. The van der Waals surface area contributed by atoms with Crippen molar-refractivity contribution in [1.29, 1.82) is 0 Å². The van der Waals surface area contributed by atoms with E-state index in [9.17, 15) is 9.59 Å². The van der Waals surface area contributed by atoms with Crippen LogP contribution < -0.4 is 20.6 Å². The molecule has 2 aromatic heterocycles. The van der Waals surface area contributed by atoms with Gasteiger partial charge >= 0.3 is 6.09 Å². The predicted octanol–water partition coefficient (Wildman–Crippen LogP) is 8.33. The van der Waals surface area contributed by atoms with Gasteiger partial charge in [0.15, 0.2) is 11.6 Å². The molecule has 64 heavy (non-hydrogen) atoms. The molecule has 12 nitrogen and oxygen atoms in total. The molecule has 0 aliphatic carbocycles. The van der Waals surface area contributed by atoms with Crippen molar-refractivity contribution in [2.75, 3.05) is 37.6 Å². The second kappa shape index (κ2) is 19.0. The third kappa shape index (κ3) is 9.98. The van der Waals surface area contributed by atoms with Gasteiger partial charge in [-0.2, -0.15) is 0 Å². The zero-order valence-electron chi connectivity index (χ0n) is 39.0. The maximum absolute atomic E-state index is 15.2. The molecule has 0 spiro atoms. The second-order valence-corrected chi connectivity index (χ2v) is 24.6. The van der Waals surface area contributed by atoms with Gasteiger partial charge in [0.1, 0.15) is 17.6 Å². The summed E-state index contributed by atoms with van der Waals surface area (Å²) in [5.41, 5.74) is 4.29. The first-order chi connectivity index (χ1) is 30.4. The van der Waals surface area contributed by atoms with Gasteiger partial charge in [0.2, 0.25) is 11.8 Å². The highest BCUT2D eigenvalue weighted by molar-refractivity contribution is 7.13. The van der Waals surface area contributed by atoms with Crippen LogP contribution in [0.15, 0.2) is 101 Å². The zero-order chi connectivity index (χ0) is 46.0. The fourth-order valence-electron chi connectivity index (χ4n) is 9.14. The van der Waals surface area contributed by atoms with Crippen LogP contribution in [0.3, 0.4) is 0 Å². The second-order valence-electron chi connectivity index (χ2n) is 19.5. The number of aromatic nitrogens is 2. The average molecular weight is 905 g/mol. The molecule has 4 heterocycles. The molecule has 4 atom stereocenters. The summed E-state index contributed by atoms with van der Waals surface area (Å²) in [4.78, 5) is 53.8. The van der Waals surface area contributed by atoms with Crippen LogP contribution in [0.4, 0.5) is 10.6 Å². The molecule has 1 N–H and O–H groups in total. The summed E-state index contributed by atoms with van der Waals surface area (Å²) in [6, 6.07) is 29.8. The maximum Gasteiger partial charge on any atom is 0.410 e. The summed E-state index contributed by atoms with van der Waals surface area (Å²) in [5.74, 6) is -0.307. The number of piperazine rings is 1. The largest absolute Gasteiger partial charge is 0.444 e. The summed E-state index contributed by atoms with van der Waals surface area (Å²) in [5, 5.41) is 9.67. The Balaban J connectivity index is 1.17. The molecule has 14 heteroatoms. The molecule has 340 valence electrons. The van der Waals surface area contributed by atoms with Gasteiger partial charge in [0, 0.05) is 45.2 Å². The standard InChI is InChI=1S/C50H64N6O6SSi/c1-33(2)44(42-30-43(53-61-42)54-25-27-55(28-26-54)48(59)60-49(5,6)7)47(58)56-31-38(62-64(50(8,9)10,39-17-13-11-14-18-39)40-19-15-12-16-20-40)29-41(56)46(57)52-34(3)36-21-23-37(24-22-36)45-35(4)51-32-63-45/h11-24,30,32-34,38,41,44H,25-29,31H2,1-10H3,(H,52,57)/t34-,38+,41-,44+/m0/s1. The normalized spacial score (nSPS) is 18.3. The van der Waals surface area contributed by atoms with Crippen LogP contribution in [-0.4, -0.2) is 96.6 Å². The number of aryl methyl sites for hydroxylation is 1. The van der Waals surface area contributed by atoms with Crippen molar-refractivity contribution < 1.29 is 28.1 Å². The number of ether oxygens (including phenoxy) is 1. The molecule has 2 saturated heterocycles. The van der Waals surface area contributed by atoms with Crippen molar-refractivity contribution in [3.8, 4) is 10.4 Å². The number of hydrogen-bond acceptors (Lipinski definition) is 10. The van der Waals surface area contributed by atoms with Gasteiger partial charge in [-0.15, -0.1) is 11.3 Å². The Morgan fingerprint density at radius 3 is 2.00 bits per heavy atom.